The SMILES string of the molecule is N#CC1(C#N)[C@H](c2cccnc2)[C@@H](C(=O)C23CC4CC(CC(C4)C2)C3)N2c3ccc(Cl)cc3C=C[C@@H]21. The van der Waals surface area contributed by atoms with Gasteiger partial charge >= 0.3 is 0 Å². The summed E-state index contributed by atoms with van der Waals surface area (Å²) >= 11 is 6.33. The van der Waals surface area contributed by atoms with E-state index in [2.05, 4.69) is 22.0 Å². The summed E-state index contributed by atoms with van der Waals surface area (Å²) in [6.45, 7) is 0. The van der Waals surface area contributed by atoms with Gasteiger partial charge in [0, 0.05) is 34.4 Å². The summed E-state index contributed by atoms with van der Waals surface area (Å²) in [5.41, 5.74) is 0.787. The Hall–Kier alpha value is -3.15. The van der Waals surface area contributed by atoms with E-state index in [1.807, 2.05) is 42.5 Å². The quantitative estimate of drug-likeness (QED) is 0.528. The molecule has 4 aliphatic carbocycles. The number of nitrogens with zero attached hydrogens (tertiary/aromatic N) is 4. The third-order valence-electron chi connectivity index (χ3n) is 9.84. The van der Waals surface area contributed by atoms with Crippen LogP contribution >= 0.6 is 11.6 Å². The molecule has 1 saturated heterocycles. The van der Waals surface area contributed by atoms with Gasteiger partial charge in [-0.15, -0.1) is 0 Å². The third kappa shape index (κ3) is 2.87. The van der Waals surface area contributed by atoms with Crippen molar-refractivity contribution in [3.05, 3.63) is 65.0 Å². The number of fused-ring (bicyclic) bond motifs is 3. The Labute approximate surface area is 216 Å². The lowest BCUT2D eigenvalue weighted by Crippen LogP contribution is -2.56. The molecule has 0 N–H and O–H groups in total. The van der Waals surface area contributed by atoms with E-state index in [1.165, 1.54) is 19.3 Å². The van der Waals surface area contributed by atoms with E-state index in [-0.39, 0.29) is 11.2 Å². The zero-order chi connectivity index (χ0) is 24.7. The number of halogens is 1. The van der Waals surface area contributed by atoms with Crippen LogP contribution in [0.4, 0.5) is 5.69 Å². The van der Waals surface area contributed by atoms with Gasteiger partial charge in [-0.3, -0.25) is 9.78 Å². The molecule has 5 nitrogen and oxygen atoms in total. The normalized spacial score (nSPS) is 36.6. The maximum absolute atomic E-state index is 15.0. The first-order valence-electron chi connectivity index (χ1n) is 13.0. The topological polar surface area (TPSA) is 80.8 Å². The van der Waals surface area contributed by atoms with E-state index >= 15 is 4.79 Å². The van der Waals surface area contributed by atoms with E-state index < -0.39 is 23.4 Å². The average Bonchev–Trinajstić information content (AvgIpc) is 3.18. The van der Waals surface area contributed by atoms with Crippen molar-refractivity contribution in [2.75, 3.05) is 4.90 Å². The smallest absolute Gasteiger partial charge is 0.176 e. The lowest BCUT2D eigenvalue weighted by Gasteiger charge is -2.57. The van der Waals surface area contributed by atoms with E-state index in [0.717, 1.165) is 36.1 Å². The first-order valence-corrected chi connectivity index (χ1v) is 13.4. The highest BCUT2D eigenvalue weighted by Gasteiger charge is 2.67. The van der Waals surface area contributed by atoms with Gasteiger partial charge in [0.2, 0.25) is 0 Å². The molecule has 2 aromatic rings. The molecule has 0 unspecified atom stereocenters. The lowest BCUT2D eigenvalue weighted by atomic mass is 9.47. The van der Waals surface area contributed by atoms with Crippen LogP contribution in [0.25, 0.3) is 6.08 Å². The molecule has 0 spiro atoms. The molecule has 3 atom stereocenters. The van der Waals surface area contributed by atoms with Gasteiger partial charge in [0.05, 0.1) is 24.2 Å². The second kappa shape index (κ2) is 7.67. The van der Waals surface area contributed by atoms with E-state index in [0.29, 0.717) is 22.8 Å². The maximum atomic E-state index is 15.0. The Balaban J connectivity index is 1.44. The van der Waals surface area contributed by atoms with Crippen LogP contribution in [0, 0.1) is 51.2 Å². The summed E-state index contributed by atoms with van der Waals surface area (Å²) in [6.07, 6.45) is 13.9. The number of pyridine rings is 1. The molecule has 4 bridgehead atoms. The number of hydrogen-bond acceptors (Lipinski definition) is 5. The van der Waals surface area contributed by atoms with Crippen molar-refractivity contribution in [2.45, 2.75) is 56.5 Å². The Bertz CT molecular complexity index is 1320. The zero-order valence-electron chi connectivity index (χ0n) is 20.0. The molecule has 2 aliphatic heterocycles. The fraction of sp³-hybridized carbons (Fsp3) is 0.467. The molecule has 0 radical (unpaired) electrons. The summed E-state index contributed by atoms with van der Waals surface area (Å²) in [4.78, 5) is 21.4. The number of ketones is 1. The number of carbonyl (C=O) groups excluding carboxylic acids is 1. The highest BCUT2D eigenvalue weighted by Crippen LogP contribution is 2.63. The van der Waals surface area contributed by atoms with Gasteiger partial charge in [0.1, 0.15) is 0 Å². The minimum Gasteiger partial charge on any atom is -0.351 e. The lowest BCUT2D eigenvalue weighted by molar-refractivity contribution is -0.145. The van der Waals surface area contributed by atoms with Crippen LogP contribution in [0.1, 0.15) is 55.6 Å². The van der Waals surface area contributed by atoms with E-state index in [4.69, 9.17) is 11.6 Å². The van der Waals surface area contributed by atoms with Crippen LogP contribution in [-0.4, -0.2) is 22.9 Å². The number of benzene rings is 1. The van der Waals surface area contributed by atoms with Crippen molar-refractivity contribution in [1.82, 2.24) is 4.98 Å². The first kappa shape index (κ1) is 22.1. The molecule has 3 heterocycles. The molecule has 8 rings (SSSR count). The van der Waals surface area contributed by atoms with Gasteiger partial charge in [0.15, 0.2) is 11.2 Å². The zero-order valence-corrected chi connectivity index (χ0v) is 20.7. The number of aromatic nitrogens is 1. The summed E-state index contributed by atoms with van der Waals surface area (Å²) in [6, 6.07) is 13.1. The summed E-state index contributed by atoms with van der Waals surface area (Å²) in [5.74, 6) is 1.50. The fourth-order valence-corrected chi connectivity index (χ4v) is 9.10. The molecule has 0 amide bonds. The standard InChI is InChI=1S/C30H27ClN4O/c31-23-4-5-24-21(11-23)3-6-25-30(16-32,17-33)26(22-2-1-7-34-15-22)27(35(24)25)28(36)29-12-18-8-19(13-29)10-20(9-18)14-29/h1-7,11,15,18-20,25-27H,8-10,12-14H2/t18?,19?,20?,25-,26-,27+,29?/m1/s1. The van der Waals surface area contributed by atoms with Gasteiger partial charge in [-0.05, 0) is 91.7 Å². The van der Waals surface area contributed by atoms with Gasteiger partial charge in [-0.2, -0.15) is 10.5 Å². The number of carbonyl (C=O) groups is 1. The molecular formula is C30H27ClN4O. The highest BCUT2D eigenvalue weighted by atomic mass is 35.5. The Morgan fingerprint density at radius 2 is 1.75 bits per heavy atom. The molecule has 6 aliphatic rings. The first-order chi connectivity index (χ1) is 17.5. The second-order valence-electron chi connectivity index (χ2n) is 11.8. The predicted octanol–water partition coefficient (Wildman–Crippen LogP) is 5.92. The molecule has 4 saturated carbocycles. The summed E-state index contributed by atoms with van der Waals surface area (Å²) < 4.78 is 0. The van der Waals surface area contributed by atoms with Crippen molar-refractivity contribution < 1.29 is 4.79 Å². The van der Waals surface area contributed by atoms with E-state index in [1.54, 1.807) is 12.4 Å². The molecule has 6 heteroatoms. The number of hydrogen-bond donors (Lipinski definition) is 0. The number of nitriles is 2. The molecule has 180 valence electrons. The minimum atomic E-state index is -1.42. The molecule has 1 aromatic heterocycles. The fourth-order valence-electron chi connectivity index (χ4n) is 8.92. The van der Waals surface area contributed by atoms with Gasteiger partial charge in [0.25, 0.3) is 0 Å². The van der Waals surface area contributed by atoms with Crippen LogP contribution < -0.4 is 4.90 Å². The molecule has 5 fully saturated rings. The van der Waals surface area contributed by atoms with Gasteiger partial charge < -0.3 is 4.90 Å². The molecule has 36 heavy (non-hydrogen) atoms. The van der Waals surface area contributed by atoms with Crippen molar-refractivity contribution in [3.8, 4) is 12.1 Å². The van der Waals surface area contributed by atoms with Crippen molar-refractivity contribution in [1.29, 1.82) is 10.5 Å². The Kier molecular flexibility index (Phi) is 4.71. The van der Waals surface area contributed by atoms with Crippen LogP contribution in [0.3, 0.4) is 0 Å². The van der Waals surface area contributed by atoms with Crippen molar-refractivity contribution in [2.24, 2.45) is 28.6 Å². The van der Waals surface area contributed by atoms with Crippen molar-refractivity contribution >= 4 is 29.1 Å². The number of rotatable bonds is 3. The third-order valence-corrected chi connectivity index (χ3v) is 10.1. The maximum Gasteiger partial charge on any atom is 0.176 e. The minimum absolute atomic E-state index is 0.226. The average molecular weight is 495 g/mol. The van der Waals surface area contributed by atoms with Gasteiger partial charge in [-0.1, -0.05) is 29.8 Å². The monoisotopic (exact) mass is 494 g/mol. The highest BCUT2D eigenvalue weighted by molar-refractivity contribution is 6.30. The number of anilines is 1. The molecule has 1 aromatic carbocycles. The van der Waals surface area contributed by atoms with Gasteiger partial charge in [-0.25, -0.2) is 0 Å². The largest absolute Gasteiger partial charge is 0.351 e. The van der Waals surface area contributed by atoms with E-state index in [9.17, 15) is 10.5 Å². The summed E-state index contributed by atoms with van der Waals surface area (Å²) in [5, 5.41) is 21.9. The Morgan fingerprint density at radius 1 is 1.06 bits per heavy atom. The van der Waals surface area contributed by atoms with Crippen LogP contribution in [0.2, 0.25) is 5.02 Å². The van der Waals surface area contributed by atoms with Crippen LogP contribution in [0.15, 0.2) is 48.8 Å². The predicted molar refractivity (Wildman–Crippen MR) is 137 cm³/mol. The van der Waals surface area contributed by atoms with Crippen LogP contribution in [0.5, 0.6) is 0 Å². The van der Waals surface area contributed by atoms with Crippen LogP contribution in [-0.2, 0) is 4.79 Å². The second-order valence-corrected chi connectivity index (χ2v) is 12.2. The summed E-state index contributed by atoms with van der Waals surface area (Å²) in [7, 11) is 0. The Morgan fingerprint density at radius 3 is 2.36 bits per heavy atom. The number of Topliss-reactive ketones (excluding diaryl/α,β-unsaturated/α-hetero) is 1. The molecular weight excluding hydrogens is 468 g/mol. The van der Waals surface area contributed by atoms with Crippen molar-refractivity contribution in [3.63, 3.8) is 0 Å².